The summed E-state index contributed by atoms with van der Waals surface area (Å²) in [7, 11) is 1.62. The maximum atomic E-state index is 13.0. The predicted octanol–water partition coefficient (Wildman–Crippen LogP) is 2.97. The maximum Gasteiger partial charge on any atom is 0.416 e. The largest absolute Gasteiger partial charge is 0.497 e. The summed E-state index contributed by atoms with van der Waals surface area (Å²) in [6, 6.07) is 12.7. The van der Waals surface area contributed by atoms with Gasteiger partial charge >= 0.3 is 6.18 Å². The standard InChI is InChI=1S/C22H25F3N4O2/c1-31-18-7-5-15(6-8-18)19-14-20(27-26-19)21(30)29-11-9-28(10-12-29)17-4-2-3-16(13-17)22(23,24)25/h2-8,13,19-20,26-27H,9-12,14H2,1H3. The van der Waals surface area contributed by atoms with Crippen LogP contribution in [0.2, 0.25) is 0 Å². The minimum atomic E-state index is -4.37. The highest BCUT2D eigenvalue weighted by atomic mass is 19.4. The second-order valence-electron chi connectivity index (χ2n) is 7.76. The Bertz CT molecular complexity index is 912. The number of rotatable bonds is 4. The number of amides is 1. The number of carbonyl (C=O) groups excluding carboxylic acids is 1. The molecule has 2 atom stereocenters. The molecule has 2 aliphatic heterocycles. The molecule has 0 aromatic heterocycles. The monoisotopic (exact) mass is 434 g/mol. The molecule has 0 bridgehead atoms. The summed E-state index contributed by atoms with van der Waals surface area (Å²) in [6.07, 6.45) is -3.74. The third-order valence-electron chi connectivity index (χ3n) is 5.85. The molecule has 6 nitrogen and oxygen atoms in total. The van der Waals surface area contributed by atoms with Crippen LogP contribution in [0.15, 0.2) is 48.5 Å². The van der Waals surface area contributed by atoms with Crippen molar-refractivity contribution in [2.45, 2.75) is 24.7 Å². The van der Waals surface area contributed by atoms with Crippen LogP contribution in [-0.4, -0.2) is 50.1 Å². The number of methoxy groups -OCH3 is 1. The Labute approximate surface area is 178 Å². The summed E-state index contributed by atoms with van der Waals surface area (Å²) in [4.78, 5) is 16.6. The minimum Gasteiger partial charge on any atom is -0.497 e. The lowest BCUT2D eigenvalue weighted by Crippen LogP contribution is -2.53. The number of hydrazine groups is 1. The van der Waals surface area contributed by atoms with E-state index in [1.807, 2.05) is 29.2 Å². The quantitative estimate of drug-likeness (QED) is 0.775. The molecule has 2 heterocycles. The average Bonchev–Trinajstić information content (AvgIpc) is 3.28. The van der Waals surface area contributed by atoms with Gasteiger partial charge in [0.05, 0.1) is 12.7 Å². The van der Waals surface area contributed by atoms with Crippen LogP contribution in [0.5, 0.6) is 5.75 Å². The van der Waals surface area contributed by atoms with Gasteiger partial charge in [-0.25, -0.2) is 10.9 Å². The summed E-state index contributed by atoms with van der Waals surface area (Å²) in [5.41, 5.74) is 7.21. The Kier molecular flexibility index (Phi) is 6.06. The second kappa shape index (κ2) is 8.76. The van der Waals surface area contributed by atoms with E-state index in [1.54, 1.807) is 18.1 Å². The van der Waals surface area contributed by atoms with Crippen LogP contribution in [-0.2, 0) is 11.0 Å². The van der Waals surface area contributed by atoms with Crippen molar-refractivity contribution < 1.29 is 22.7 Å². The number of alkyl halides is 3. The summed E-state index contributed by atoms with van der Waals surface area (Å²) in [5, 5.41) is 0. The molecule has 0 saturated carbocycles. The molecule has 2 unspecified atom stereocenters. The maximum absolute atomic E-state index is 13.0. The van der Waals surface area contributed by atoms with Crippen molar-refractivity contribution in [3.8, 4) is 5.75 Å². The highest BCUT2D eigenvalue weighted by Crippen LogP contribution is 2.32. The summed E-state index contributed by atoms with van der Waals surface area (Å²) >= 11 is 0. The molecule has 4 rings (SSSR count). The van der Waals surface area contributed by atoms with Crippen LogP contribution in [0.4, 0.5) is 18.9 Å². The highest BCUT2D eigenvalue weighted by Gasteiger charge is 2.35. The fraction of sp³-hybridized carbons (Fsp3) is 0.409. The van der Waals surface area contributed by atoms with Gasteiger partial charge in [0.2, 0.25) is 5.91 Å². The number of carbonyl (C=O) groups is 1. The van der Waals surface area contributed by atoms with Crippen LogP contribution in [0.3, 0.4) is 0 Å². The second-order valence-corrected chi connectivity index (χ2v) is 7.76. The minimum absolute atomic E-state index is 0.00667. The van der Waals surface area contributed by atoms with E-state index in [-0.39, 0.29) is 18.0 Å². The molecule has 2 aliphatic rings. The van der Waals surface area contributed by atoms with Crippen molar-refractivity contribution >= 4 is 11.6 Å². The fourth-order valence-corrected chi connectivity index (χ4v) is 4.06. The Morgan fingerprint density at radius 2 is 1.74 bits per heavy atom. The van der Waals surface area contributed by atoms with Gasteiger partial charge < -0.3 is 14.5 Å². The van der Waals surface area contributed by atoms with E-state index in [4.69, 9.17) is 4.74 Å². The van der Waals surface area contributed by atoms with Crippen LogP contribution in [0.25, 0.3) is 0 Å². The number of piperazine rings is 1. The first-order valence-electron chi connectivity index (χ1n) is 10.2. The summed E-state index contributed by atoms with van der Waals surface area (Å²) in [5.74, 6) is 0.785. The molecule has 1 amide bonds. The Morgan fingerprint density at radius 1 is 1.03 bits per heavy atom. The van der Waals surface area contributed by atoms with Gasteiger partial charge in [-0.3, -0.25) is 4.79 Å². The van der Waals surface area contributed by atoms with E-state index in [1.165, 1.54) is 12.1 Å². The van der Waals surface area contributed by atoms with Crippen molar-refractivity contribution in [3.05, 3.63) is 59.7 Å². The van der Waals surface area contributed by atoms with Gasteiger partial charge in [-0.15, -0.1) is 0 Å². The molecule has 2 fully saturated rings. The van der Waals surface area contributed by atoms with E-state index in [0.717, 1.165) is 17.4 Å². The highest BCUT2D eigenvalue weighted by molar-refractivity contribution is 5.82. The number of ether oxygens (including phenoxy) is 1. The van der Waals surface area contributed by atoms with Crippen molar-refractivity contribution in [1.29, 1.82) is 0 Å². The van der Waals surface area contributed by atoms with E-state index >= 15 is 0 Å². The molecule has 31 heavy (non-hydrogen) atoms. The molecule has 2 N–H and O–H groups in total. The zero-order chi connectivity index (χ0) is 22.0. The third-order valence-corrected chi connectivity index (χ3v) is 5.85. The molecule has 2 aromatic carbocycles. The van der Waals surface area contributed by atoms with Crippen molar-refractivity contribution in [2.24, 2.45) is 0 Å². The molecular weight excluding hydrogens is 409 g/mol. The molecule has 0 radical (unpaired) electrons. The lowest BCUT2D eigenvalue weighted by Gasteiger charge is -2.37. The third kappa shape index (κ3) is 4.77. The predicted molar refractivity (Wildman–Crippen MR) is 111 cm³/mol. The van der Waals surface area contributed by atoms with Crippen LogP contribution >= 0.6 is 0 Å². The first kappa shape index (κ1) is 21.5. The lowest BCUT2D eigenvalue weighted by molar-refractivity contribution is -0.137. The van der Waals surface area contributed by atoms with E-state index in [9.17, 15) is 18.0 Å². The molecule has 9 heteroatoms. The molecular formula is C22H25F3N4O2. The van der Waals surface area contributed by atoms with Gasteiger partial charge in [0.15, 0.2) is 0 Å². The van der Waals surface area contributed by atoms with Gasteiger partial charge in [-0.05, 0) is 42.3 Å². The number of nitrogens with zero attached hydrogens (tertiary/aromatic N) is 2. The van der Waals surface area contributed by atoms with Crippen molar-refractivity contribution in [2.75, 3.05) is 38.2 Å². The van der Waals surface area contributed by atoms with Gasteiger partial charge in [-0.1, -0.05) is 18.2 Å². The number of hydrogen-bond donors (Lipinski definition) is 2. The Balaban J connectivity index is 1.32. The van der Waals surface area contributed by atoms with Crippen molar-refractivity contribution in [1.82, 2.24) is 15.8 Å². The normalized spacial score (nSPS) is 21.9. The zero-order valence-electron chi connectivity index (χ0n) is 17.2. The number of nitrogens with one attached hydrogen (secondary N) is 2. The Morgan fingerprint density at radius 3 is 2.39 bits per heavy atom. The molecule has 0 spiro atoms. The summed E-state index contributed by atoms with van der Waals surface area (Å²) < 4.78 is 44.1. The van der Waals surface area contributed by atoms with Crippen LogP contribution in [0.1, 0.15) is 23.6 Å². The first-order valence-corrected chi connectivity index (χ1v) is 10.2. The number of hydrogen-bond acceptors (Lipinski definition) is 5. The molecule has 0 aliphatic carbocycles. The average molecular weight is 434 g/mol. The van der Waals surface area contributed by atoms with Crippen molar-refractivity contribution in [3.63, 3.8) is 0 Å². The fourth-order valence-electron chi connectivity index (χ4n) is 4.06. The van der Waals surface area contributed by atoms with E-state index in [2.05, 4.69) is 10.9 Å². The van der Waals surface area contributed by atoms with Crippen LogP contribution in [0, 0.1) is 0 Å². The number of anilines is 1. The van der Waals surface area contributed by atoms with Gasteiger partial charge in [0.1, 0.15) is 11.8 Å². The molecule has 2 aromatic rings. The number of halogens is 3. The first-order chi connectivity index (χ1) is 14.8. The summed E-state index contributed by atoms with van der Waals surface area (Å²) in [6.45, 7) is 1.94. The van der Waals surface area contributed by atoms with E-state index in [0.29, 0.717) is 38.3 Å². The van der Waals surface area contributed by atoms with Gasteiger partial charge in [0.25, 0.3) is 0 Å². The SMILES string of the molecule is COc1ccc(C2CC(C(=O)N3CCN(c4cccc(C(F)(F)F)c4)CC3)NN2)cc1. The smallest absolute Gasteiger partial charge is 0.416 e. The lowest BCUT2D eigenvalue weighted by atomic mass is 10.0. The van der Waals surface area contributed by atoms with Gasteiger partial charge in [-0.2, -0.15) is 13.2 Å². The van der Waals surface area contributed by atoms with Crippen LogP contribution < -0.4 is 20.5 Å². The Hall–Kier alpha value is -2.78. The molecule has 2 saturated heterocycles. The topological polar surface area (TPSA) is 56.8 Å². The number of benzene rings is 2. The van der Waals surface area contributed by atoms with Gasteiger partial charge in [0, 0.05) is 37.9 Å². The van der Waals surface area contributed by atoms with E-state index < -0.39 is 11.7 Å². The molecule has 166 valence electrons. The zero-order valence-corrected chi connectivity index (χ0v) is 17.2.